The van der Waals surface area contributed by atoms with Crippen molar-refractivity contribution in [2.24, 2.45) is 0 Å². The van der Waals surface area contributed by atoms with Gasteiger partial charge in [-0.1, -0.05) is 12.2 Å². The highest BCUT2D eigenvalue weighted by atomic mass is 35.5. The van der Waals surface area contributed by atoms with Gasteiger partial charge in [0.05, 0.1) is 6.20 Å². The maximum atomic E-state index is 12.4. The molecular weight excluding hydrogens is 335 g/mol. The van der Waals surface area contributed by atoms with Crippen LogP contribution in [0.15, 0.2) is 6.20 Å². The molecule has 0 radical (unpaired) electrons. The van der Waals surface area contributed by atoms with Crippen molar-refractivity contribution in [2.75, 3.05) is 30.6 Å². The highest BCUT2D eigenvalue weighted by Gasteiger charge is 2.17. The molecule has 1 amide bonds. The van der Waals surface area contributed by atoms with Crippen LogP contribution in [0.3, 0.4) is 0 Å². The van der Waals surface area contributed by atoms with Crippen molar-refractivity contribution in [1.82, 2.24) is 24.8 Å². The van der Waals surface area contributed by atoms with Crippen LogP contribution in [0.1, 0.15) is 10.5 Å². The van der Waals surface area contributed by atoms with E-state index in [4.69, 9.17) is 41.2 Å². The van der Waals surface area contributed by atoms with E-state index in [0.29, 0.717) is 36.0 Å². The average Bonchev–Trinajstić information content (AvgIpc) is 2.46. The van der Waals surface area contributed by atoms with Gasteiger partial charge in [0.2, 0.25) is 5.95 Å². The molecule has 0 aliphatic carbocycles. The van der Waals surface area contributed by atoms with Crippen LogP contribution in [0.5, 0.6) is 0 Å². The molecular formula is C11H12Cl2N6OS. The van der Waals surface area contributed by atoms with Gasteiger partial charge in [-0.25, -0.2) is 15.0 Å². The van der Waals surface area contributed by atoms with Crippen molar-refractivity contribution in [3.63, 3.8) is 0 Å². The lowest BCUT2D eigenvalue weighted by atomic mass is 10.3. The van der Waals surface area contributed by atoms with Crippen LogP contribution in [0.25, 0.3) is 11.2 Å². The summed E-state index contributed by atoms with van der Waals surface area (Å²) in [5.41, 5.74) is 6.40. The van der Waals surface area contributed by atoms with E-state index in [0.717, 1.165) is 0 Å². The van der Waals surface area contributed by atoms with Crippen molar-refractivity contribution in [2.45, 2.75) is 0 Å². The van der Waals surface area contributed by atoms with Gasteiger partial charge in [-0.05, 0) is 0 Å². The van der Waals surface area contributed by atoms with E-state index in [1.807, 2.05) is 0 Å². The zero-order chi connectivity index (χ0) is 15.4. The minimum atomic E-state index is -0.308. The molecule has 0 aromatic carbocycles. The van der Waals surface area contributed by atoms with E-state index >= 15 is 0 Å². The first-order chi connectivity index (χ1) is 10.1. The summed E-state index contributed by atoms with van der Waals surface area (Å²) >= 11 is 16.4. The number of alkyl halides is 2. The number of nitrogens with zero attached hydrogens (tertiary/aromatic N) is 4. The molecule has 0 saturated heterocycles. The Labute approximate surface area is 135 Å². The average molecular weight is 347 g/mol. The lowest BCUT2D eigenvalue weighted by molar-refractivity contribution is 0.0769. The fourth-order valence-corrected chi connectivity index (χ4v) is 2.37. The van der Waals surface area contributed by atoms with Crippen molar-refractivity contribution >= 4 is 58.4 Å². The molecule has 2 aromatic rings. The topological polar surface area (TPSA) is 101 Å². The number of halogens is 2. The molecule has 2 heterocycles. The van der Waals surface area contributed by atoms with Gasteiger partial charge in [0.15, 0.2) is 10.3 Å². The van der Waals surface area contributed by atoms with E-state index in [2.05, 4.69) is 19.9 Å². The Morgan fingerprint density at radius 3 is 2.62 bits per heavy atom. The summed E-state index contributed by atoms with van der Waals surface area (Å²) in [6.45, 7) is 0.749. The maximum Gasteiger partial charge on any atom is 0.274 e. The SMILES string of the molecule is Nc1nc(=S)c2nc(C(=O)N(CCCl)CCCl)cnc2[nH]1. The third kappa shape index (κ3) is 3.58. The van der Waals surface area contributed by atoms with Crippen molar-refractivity contribution in [3.8, 4) is 0 Å². The number of anilines is 1. The quantitative estimate of drug-likeness (QED) is 0.629. The number of rotatable bonds is 5. The monoisotopic (exact) mass is 346 g/mol. The summed E-state index contributed by atoms with van der Waals surface area (Å²) in [5.74, 6) is 0.451. The molecule has 10 heteroatoms. The highest BCUT2D eigenvalue weighted by molar-refractivity contribution is 7.71. The largest absolute Gasteiger partial charge is 0.369 e. The van der Waals surface area contributed by atoms with Gasteiger partial charge in [0, 0.05) is 24.8 Å². The number of hydrogen-bond donors (Lipinski definition) is 2. The second kappa shape index (κ2) is 6.97. The number of nitrogens with two attached hydrogens (primary N) is 1. The third-order valence-electron chi connectivity index (χ3n) is 2.66. The number of hydrogen-bond acceptors (Lipinski definition) is 6. The van der Waals surface area contributed by atoms with Gasteiger partial charge < -0.3 is 15.6 Å². The highest BCUT2D eigenvalue weighted by Crippen LogP contribution is 2.11. The minimum absolute atomic E-state index is 0.145. The number of carbonyl (C=O) groups is 1. The van der Waals surface area contributed by atoms with Crippen molar-refractivity contribution < 1.29 is 4.79 Å². The molecule has 0 fully saturated rings. The summed E-state index contributed by atoms with van der Waals surface area (Å²) in [4.78, 5) is 28.8. The van der Waals surface area contributed by atoms with Gasteiger partial charge >= 0.3 is 0 Å². The molecule has 21 heavy (non-hydrogen) atoms. The predicted molar refractivity (Wildman–Crippen MR) is 84.3 cm³/mol. The van der Waals surface area contributed by atoms with Gasteiger partial charge in [-0.2, -0.15) is 0 Å². The number of nitrogen functional groups attached to an aromatic ring is 1. The Morgan fingerprint density at radius 2 is 2.00 bits per heavy atom. The number of aromatic nitrogens is 4. The first kappa shape index (κ1) is 15.9. The number of nitrogens with one attached hydrogen (secondary N) is 1. The van der Waals surface area contributed by atoms with E-state index in [-0.39, 0.29) is 22.2 Å². The van der Waals surface area contributed by atoms with Crippen LogP contribution < -0.4 is 5.73 Å². The van der Waals surface area contributed by atoms with Gasteiger partial charge in [0.1, 0.15) is 11.2 Å². The molecule has 0 atom stereocenters. The van der Waals surface area contributed by atoms with Crippen LogP contribution in [-0.4, -0.2) is 55.6 Å². The first-order valence-corrected chi connectivity index (χ1v) is 7.48. The molecule has 0 aliphatic heterocycles. The standard InChI is InChI=1S/C11H12Cl2N6OS/c12-1-3-19(4-2-13)10(20)6-5-15-8-7(16-6)9(21)18-11(14)17-8/h5H,1-4H2,(H3,14,15,17,18,21). The van der Waals surface area contributed by atoms with Gasteiger partial charge in [-0.3, -0.25) is 4.79 Å². The maximum absolute atomic E-state index is 12.4. The lowest BCUT2D eigenvalue weighted by Gasteiger charge is -2.19. The fraction of sp³-hybridized carbons (Fsp3) is 0.364. The third-order valence-corrected chi connectivity index (χ3v) is 3.28. The Hall–Kier alpha value is -1.51. The second-order valence-electron chi connectivity index (χ2n) is 4.05. The summed E-state index contributed by atoms with van der Waals surface area (Å²) in [5, 5.41) is 0. The van der Waals surface area contributed by atoms with E-state index in [1.54, 1.807) is 0 Å². The summed E-state index contributed by atoms with van der Waals surface area (Å²) in [6.07, 6.45) is 1.35. The molecule has 0 bridgehead atoms. The van der Waals surface area contributed by atoms with Crippen LogP contribution in [0.4, 0.5) is 5.95 Å². The Kier molecular flexibility index (Phi) is 5.27. The molecule has 0 spiro atoms. The summed E-state index contributed by atoms with van der Waals surface area (Å²) in [6, 6.07) is 0. The fourth-order valence-electron chi connectivity index (χ4n) is 1.73. The summed E-state index contributed by atoms with van der Waals surface area (Å²) < 4.78 is 0.185. The molecule has 0 saturated carbocycles. The minimum Gasteiger partial charge on any atom is -0.369 e. The molecule has 112 valence electrons. The molecule has 7 nitrogen and oxygen atoms in total. The lowest BCUT2D eigenvalue weighted by Crippen LogP contribution is -2.35. The number of aromatic amines is 1. The van der Waals surface area contributed by atoms with Crippen molar-refractivity contribution in [3.05, 3.63) is 16.5 Å². The zero-order valence-electron chi connectivity index (χ0n) is 10.8. The molecule has 0 unspecified atom stereocenters. The Balaban J connectivity index is 2.42. The number of H-pyrrole nitrogens is 1. The zero-order valence-corrected chi connectivity index (χ0v) is 13.2. The molecule has 2 rings (SSSR count). The number of amides is 1. The molecule has 0 aliphatic rings. The normalized spacial score (nSPS) is 10.8. The Bertz CT molecular complexity index is 715. The predicted octanol–water partition coefficient (Wildman–Crippen LogP) is 1.58. The van der Waals surface area contributed by atoms with Crippen LogP contribution in [-0.2, 0) is 0 Å². The summed E-state index contributed by atoms with van der Waals surface area (Å²) in [7, 11) is 0. The smallest absolute Gasteiger partial charge is 0.274 e. The Morgan fingerprint density at radius 1 is 1.33 bits per heavy atom. The van der Waals surface area contributed by atoms with Gasteiger partial charge in [-0.15, -0.1) is 23.2 Å². The van der Waals surface area contributed by atoms with Gasteiger partial charge in [0.25, 0.3) is 5.91 Å². The molecule has 2 aromatic heterocycles. The van der Waals surface area contributed by atoms with E-state index in [1.165, 1.54) is 11.1 Å². The number of fused-ring (bicyclic) bond motifs is 1. The second-order valence-corrected chi connectivity index (χ2v) is 5.19. The first-order valence-electron chi connectivity index (χ1n) is 6.00. The van der Waals surface area contributed by atoms with Crippen LogP contribution in [0, 0.1) is 4.64 Å². The van der Waals surface area contributed by atoms with E-state index in [9.17, 15) is 4.79 Å². The van der Waals surface area contributed by atoms with Crippen LogP contribution >= 0.6 is 35.4 Å². The molecule has 3 N–H and O–H groups in total. The number of carbonyl (C=O) groups excluding carboxylic acids is 1. The van der Waals surface area contributed by atoms with Crippen molar-refractivity contribution in [1.29, 1.82) is 0 Å². The van der Waals surface area contributed by atoms with Crippen LogP contribution in [0.2, 0.25) is 0 Å². The van der Waals surface area contributed by atoms with E-state index < -0.39 is 0 Å².